The third kappa shape index (κ3) is 3.21. The Morgan fingerprint density at radius 2 is 1.69 bits per heavy atom. The maximum Gasteiger partial charge on any atom is 0.150 e. The quantitative estimate of drug-likeness (QED) is 0.881. The average Bonchev–Trinajstić information content (AvgIpc) is 1.96. The van der Waals surface area contributed by atoms with Gasteiger partial charge in [-0.1, -0.05) is 0 Å². The lowest BCUT2D eigenvalue weighted by Gasteiger charge is -2.11. The van der Waals surface area contributed by atoms with Gasteiger partial charge in [-0.15, -0.1) is 0 Å². The van der Waals surface area contributed by atoms with E-state index in [2.05, 4.69) is 0 Å². The molecule has 1 unspecified atom stereocenters. The lowest BCUT2D eigenvalue weighted by molar-refractivity contribution is 0.191. The lowest BCUT2D eigenvalue weighted by atomic mass is 10.1. The minimum atomic E-state index is -3.59. The van der Waals surface area contributed by atoms with Gasteiger partial charge in [0.25, 0.3) is 0 Å². The summed E-state index contributed by atoms with van der Waals surface area (Å²) >= 11 is 0. The molecule has 7 heteroatoms. The van der Waals surface area contributed by atoms with Gasteiger partial charge in [0.15, 0.2) is 0 Å². The summed E-state index contributed by atoms with van der Waals surface area (Å²) in [5.41, 5.74) is -0.841. The molecule has 0 amide bonds. The molecule has 90 valence electrons. The predicted octanol–water partition coefficient (Wildman–Crippen LogP) is 1.18. The third-order valence-electron chi connectivity index (χ3n) is 1.84. The first-order chi connectivity index (χ1) is 7.20. The highest BCUT2D eigenvalue weighted by molar-refractivity contribution is 7.90. The van der Waals surface area contributed by atoms with Crippen LogP contribution < -0.4 is 0 Å². The summed E-state index contributed by atoms with van der Waals surface area (Å²) in [5, 5.41) is 9.33. The third-order valence-corrected chi connectivity index (χ3v) is 2.76. The summed E-state index contributed by atoms with van der Waals surface area (Å²) in [5.74, 6) is -4.58. The van der Waals surface area contributed by atoms with E-state index in [-0.39, 0.29) is 0 Å². The van der Waals surface area contributed by atoms with E-state index >= 15 is 0 Å². The molecular formula is C9H9F3O3S. The van der Waals surface area contributed by atoms with E-state index in [0.29, 0.717) is 12.1 Å². The second kappa shape index (κ2) is 4.42. The molecule has 1 atom stereocenters. The first-order valence-electron chi connectivity index (χ1n) is 4.21. The standard InChI is InChI=1S/C9H9F3O3S/c1-16(14,15)4-8(13)9-6(11)2-5(10)3-7(9)12/h2-3,8,13H,4H2,1H3. The van der Waals surface area contributed by atoms with Crippen molar-refractivity contribution in [3.8, 4) is 0 Å². The second-order valence-electron chi connectivity index (χ2n) is 3.39. The number of aliphatic hydroxyl groups excluding tert-OH is 1. The van der Waals surface area contributed by atoms with Crippen molar-refractivity contribution in [1.29, 1.82) is 0 Å². The van der Waals surface area contributed by atoms with Gasteiger partial charge in [0.1, 0.15) is 27.3 Å². The molecule has 0 aliphatic heterocycles. The molecule has 0 fully saturated rings. The minimum Gasteiger partial charge on any atom is -0.387 e. The van der Waals surface area contributed by atoms with Crippen LogP contribution in [0.4, 0.5) is 13.2 Å². The Labute approximate surface area is 90.4 Å². The van der Waals surface area contributed by atoms with Crippen molar-refractivity contribution in [2.24, 2.45) is 0 Å². The van der Waals surface area contributed by atoms with Crippen LogP contribution in [-0.4, -0.2) is 25.5 Å². The molecule has 1 aromatic carbocycles. The number of hydrogen-bond acceptors (Lipinski definition) is 3. The van der Waals surface area contributed by atoms with E-state index in [1.165, 1.54) is 0 Å². The molecule has 0 saturated carbocycles. The van der Waals surface area contributed by atoms with Crippen molar-refractivity contribution in [3.05, 3.63) is 35.1 Å². The van der Waals surface area contributed by atoms with Crippen molar-refractivity contribution in [2.45, 2.75) is 6.10 Å². The number of aliphatic hydroxyl groups is 1. The molecule has 0 saturated heterocycles. The van der Waals surface area contributed by atoms with Crippen molar-refractivity contribution in [3.63, 3.8) is 0 Å². The first-order valence-corrected chi connectivity index (χ1v) is 6.27. The fraction of sp³-hybridized carbons (Fsp3) is 0.333. The van der Waals surface area contributed by atoms with E-state index in [1.54, 1.807) is 0 Å². The Hall–Kier alpha value is -1.08. The van der Waals surface area contributed by atoms with Crippen LogP contribution in [0.2, 0.25) is 0 Å². The average molecular weight is 254 g/mol. The van der Waals surface area contributed by atoms with E-state index in [4.69, 9.17) is 0 Å². The van der Waals surface area contributed by atoms with Crippen LogP contribution in [0.1, 0.15) is 11.7 Å². The SMILES string of the molecule is CS(=O)(=O)CC(O)c1c(F)cc(F)cc1F. The van der Waals surface area contributed by atoms with Crippen LogP contribution in [0.25, 0.3) is 0 Å². The molecule has 3 nitrogen and oxygen atoms in total. The molecule has 0 aromatic heterocycles. The molecule has 0 spiro atoms. The van der Waals surface area contributed by atoms with Gasteiger partial charge in [-0.25, -0.2) is 21.6 Å². The molecule has 1 rings (SSSR count). The minimum absolute atomic E-state index is 0.379. The molecule has 0 aliphatic carbocycles. The maximum atomic E-state index is 13.1. The zero-order valence-electron chi connectivity index (χ0n) is 8.25. The van der Waals surface area contributed by atoms with Crippen LogP contribution in [0.3, 0.4) is 0 Å². The summed E-state index contributed by atoms with van der Waals surface area (Å²) in [4.78, 5) is 0. The molecule has 0 aliphatic rings. The van der Waals surface area contributed by atoms with Gasteiger partial charge in [0.05, 0.1) is 17.4 Å². The summed E-state index contributed by atoms with van der Waals surface area (Å²) in [6, 6.07) is 0.758. The molecule has 0 radical (unpaired) electrons. The highest BCUT2D eigenvalue weighted by Crippen LogP contribution is 2.23. The van der Waals surface area contributed by atoms with Crippen molar-refractivity contribution in [1.82, 2.24) is 0 Å². The Morgan fingerprint density at radius 3 is 2.06 bits per heavy atom. The van der Waals surface area contributed by atoms with Gasteiger partial charge >= 0.3 is 0 Å². The molecule has 0 bridgehead atoms. The summed E-state index contributed by atoms with van der Waals surface area (Å²) in [7, 11) is -3.59. The van der Waals surface area contributed by atoms with E-state index < -0.39 is 44.7 Å². The number of sulfone groups is 1. The zero-order valence-corrected chi connectivity index (χ0v) is 9.06. The Morgan fingerprint density at radius 1 is 1.25 bits per heavy atom. The Kier molecular flexibility index (Phi) is 3.59. The summed E-state index contributed by atoms with van der Waals surface area (Å²) < 4.78 is 60.4. The van der Waals surface area contributed by atoms with Gasteiger partial charge < -0.3 is 5.11 Å². The summed E-state index contributed by atoms with van der Waals surface area (Å²) in [6.45, 7) is 0. The molecule has 1 aromatic rings. The smallest absolute Gasteiger partial charge is 0.150 e. The van der Waals surface area contributed by atoms with Gasteiger partial charge in [-0.3, -0.25) is 0 Å². The number of hydrogen-bond donors (Lipinski definition) is 1. The Bertz CT molecular complexity index is 476. The fourth-order valence-electron chi connectivity index (χ4n) is 1.24. The van der Waals surface area contributed by atoms with Crippen LogP contribution in [0.5, 0.6) is 0 Å². The number of benzene rings is 1. The maximum absolute atomic E-state index is 13.1. The van der Waals surface area contributed by atoms with Gasteiger partial charge in [-0.05, 0) is 0 Å². The monoisotopic (exact) mass is 254 g/mol. The largest absolute Gasteiger partial charge is 0.387 e. The summed E-state index contributed by atoms with van der Waals surface area (Å²) in [6.07, 6.45) is -1.04. The Balaban J connectivity index is 3.14. The highest BCUT2D eigenvalue weighted by Gasteiger charge is 2.22. The van der Waals surface area contributed by atoms with Crippen molar-refractivity contribution in [2.75, 3.05) is 12.0 Å². The van der Waals surface area contributed by atoms with E-state index in [9.17, 15) is 26.7 Å². The lowest BCUT2D eigenvalue weighted by Crippen LogP contribution is -2.15. The van der Waals surface area contributed by atoms with Crippen molar-refractivity contribution >= 4 is 9.84 Å². The van der Waals surface area contributed by atoms with E-state index in [1.807, 2.05) is 0 Å². The number of halogens is 3. The van der Waals surface area contributed by atoms with Crippen LogP contribution in [0.15, 0.2) is 12.1 Å². The molecular weight excluding hydrogens is 245 g/mol. The van der Waals surface area contributed by atoms with Crippen LogP contribution in [-0.2, 0) is 9.84 Å². The fourth-order valence-corrected chi connectivity index (χ4v) is 1.98. The first kappa shape index (κ1) is 13.0. The predicted molar refractivity (Wildman–Crippen MR) is 51.0 cm³/mol. The zero-order chi connectivity index (χ0) is 12.5. The highest BCUT2D eigenvalue weighted by atomic mass is 32.2. The normalized spacial score (nSPS) is 13.8. The van der Waals surface area contributed by atoms with Crippen molar-refractivity contribution < 1.29 is 26.7 Å². The molecule has 0 heterocycles. The van der Waals surface area contributed by atoms with Gasteiger partial charge in [0, 0.05) is 18.4 Å². The van der Waals surface area contributed by atoms with E-state index in [0.717, 1.165) is 6.26 Å². The van der Waals surface area contributed by atoms with Crippen LogP contribution in [0, 0.1) is 17.5 Å². The molecule has 1 N–H and O–H groups in total. The van der Waals surface area contributed by atoms with Gasteiger partial charge in [0.2, 0.25) is 0 Å². The van der Waals surface area contributed by atoms with Crippen LogP contribution >= 0.6 is 0 Å². The topological polar surface area (TPSA) is 54.4 Å². The number of rotatable bonds is 3. The second-order valence-corrected chi connectivity index (χ2v) is 5.58. The van der Waals surface area contributed by atoms with Gasteiger partial charge in [-0.2, -0.15) is 0 Å². The molecule has 16 heavy (non-hydrogen) atoms.